The molecule has 0 bridgehead atoms. The van der Waals surface area contributed by atoms with Gasteiger partial charge in [-0.15, -0.1) is 0 Å². The molecule has 34 heavy (non-hydrogen) atoms. The summed E-state index contributed by atoms with van der Waals surface area (Å²) in [6, 6.07) is 11.7. The van der Waals surface area contributed by atoms with Crippen molar-refractivity contribution in [3.8, 4) is 0 Å². The Morgan fingerprint density at radius 1 is 1.09 bits per heavy atom. The zero-order valence-electron chi connectivity index (χ0n) is 20.6. The predicted molar refractivity (Wildman–Crippen MR) is 132 cm³/mol. The van der Waals surface area contributed by atoms with E-state index in [1.54, 1.807) is 37.3 Å². The zero-order valence-corrected chi connectivity index (χ0v) is 21.4. The molecule has 9 heteroatoms. The summed E-state index contributed by atoms with van der Waals surface area (Å²) in [6.45, 7) is 8.69. The minimum Gasteiger partial charge on any atom is -0.350 e. The van der Waals surface area contributed by atoms with Gasteiger partial charge in [-0.1, -0.05) is 31.2 Å². The van der Waals surface area contributed by atoms with Crippen LogP contribution >= 0.6 is 0 Å². The number of anilines is 1. The average molecular weight is 492 g/mol. The minimum absolute atomic E-state index is 0.0284. The fourth-order valence-electron chi connectivity index (χ4n) is 3.56. The molecule has 2 rings (SSSR count). The molecule has 7 nitrogen and oxygen atoms in total. The first-order valence-corrected chi connectivity index (χ1v) is 13.0. The number of carbonyl (C=O) groups is 2. The van der Waals surface area contributed by atoms with Gasteiger partial charge in [-0.05, 0) is 69.5 Å². The van der Waals surface area contributed by atoms with Crippen LogP contribution in [0.3, 0.4) is 0 Å². The first-order chi connectivity index (χ1) is 15.7. The van der Waals surface area contributed by atoms with Crippen LogP contribution in [0.2, 0.25) is 0 Å². The summed E-state index contributed by atoms with van der Waals surface area (Å²) >= 11 is 0. The van der Waals surface area contributed by atoms with Crippen LogP contribution in [-0.2, 0) is 26.2 Å². The third-order valence-corrected chi connectivity index (χ3v) is 6.26. The van der Waals surface area contributed by atoms with E-state index in [0.29, 0.717) is 17.7 Å². The van der Waals surface area contributed by atoms with E-state index in [-0.39, 0.29) is 12.5 Å². The van der Waals surface area contributed by atoms with E-state index in [0.717, 1.165) is 16.1 Å². The molecule has 0 fully saturated rings. The summed E-state index contributed by atoms with van der Waals surface area (Å²) in [7, 11) is -3.79. The van der Waals surface area contributed by atoms with E-state index in [1.807, 2.05) is 33.8 Å². The van der Waals surface area contributed by atoms with Crippen LogP contribution in [0, 0.1) is 12.7 Å². The number of rotatable bonds is 9. The smallest absolute Gasteiger partial charge is 0.244 e. The molecule has 0 saturated heterocycles. The summed E-state index contributed by atoms with van der Waals surface area (Å²) in [5, 5.41) is 2.90. The van der Waals surface area contributed by atoms with Crippen LogP contribution in [-0.4, -0.2) is 49.5 Å². The molecule has 0 radical (unpaired) electrons. The lowest BCUT2D eigenvalue weighted by Gasteiger charge is -2.34. The SMILES string of the molecule is CCC(C(=O)NC(C)(C)C)N(Cc1ccc(F)cc1)C(=O)CN(c1cccc(C)c1)S(C)(=O)=O. The number of hydrogen-bond donors (Lipinski definition) is 1. The molecule has 2 amide bonds. The fourth-order valence-corrected chi connectivity index (χ4v) is 4.40. The molecule has 1 N–H and O–H groups in total. The molecule has 2 aromatic carbocycles. The highest BCUT2D eigenvalue weighted by atomic mass is 32.2. The fraction of sp³-hybridized carbons (Fsp3) is 0.440. The van der Waals surface area contributed by atoms with Gasteiger partial charge in [-0.2, -0.15) is 0 Å². The van der Waals surface area contributed by atoms with Gasteiger partial charge in [-0.3, -0.25) is 13.9 Å². The van der Waals surface area contributed by atoms with Crippen molar-refractivity contribution in [3.05, 3.63) is 65.5 Å². The first-order valence-electron chi connectivity index (χ1n) is 11.1. The molecule has 0 spiro atoms. The Balaban J connectivity index is 2.45. The average Bonchev–Trinajstić information content (AvgIpc) is 2.71. The minimum atomic E-state index is -3.79. The Labute approximate surface area is 202 Å². The van der Waals surface area contributed by atoms with E-state index in [1.165, 1.54) is 17.0 Å². The van der Waals surface area contributed by atoms with Crippen molar-refractivity contribution in [2.75, 3.05) is 17.1 Å². The number of amides is 2. The third-order valence-electron chi connectivity index (χ3n) is 5.12. The van der Waals surface area contributed by atoms with Crippen molar-refractivity contribution in [1.82, 2.24) is 10.2 Å². The molecule has 0 aliphatic heterocycles. The van der Waals surface area contributed by atoms with Crippen molar-refractivity contribution in [2.24, 2.45) is 0 Å². The molecule has 1 unspecified atom stereocenters. The van der Waals surface area contributed by atoms with Gasteiger partial charge in [0, 0.05) is 12.1 Å². The van der Waals surface area contributed by atoms with Crippen LogP contribution < -0.4 is 9.62 Å². The van der Waals surface area contributed by atoms with Crippen molar-refractivity contribution in [2.45, 2.75) is 59.2 Å². The van der Waals surface area contributed by atoms with Crippen LogP contribution in [0.1, 0.15) is 45.2 Å². The number of hydrogen-bond acceptors (Lipinski definition) is 4. The van der Waals surface area contributed by atoms with Crippen LogP contribution in [0.4, 0.5) is 10.1 Å². The second-order valence-corrected chi connectivity index (χ2v) is 11.3. The highest BCUT2D eigenvalue weighted by molar-refractivity contribution is 7.92. The van der Waals surface area contributed by atoms with Gasteiger partial charge in [0.15, 0.2) is 0 Å². The second kappa shape index (κ2) is 11.0. The number of nitrogens with zero attached hydrogens (tertiary/aromatic N) is 2. The topological polar surface area (TPSA) is 86.8 Å². The van der Waals surface area contributed by atoms with E-state index in [9.17, 15) is 22.4 Å². The number of sulfonamides is 1. The molecule has 0 heterocycles. The van der Waals surface area contributed by atoms with Gasteiger partial charge in [-0.25, -0.2) is 12.8 Å². The Hall–Kier alpha value is -2.94. The molecular weight excluding hydrogens is 457 g/mol. The van der Waals surface area contributed by atoms with Crippen molar-refractivity contribution >= 4 is 27.5 Å². The maximum absolute atomic E-state index is 13.6. The van der Waals surface area contributed by atoms with Gasteiger partial charge < -0.3 is 10.2 Å². The predicted octanol–water partition coefficient (Wildman–Crippen LogP) is 3.62. The number of aryl methyl sites for hydroxylation is 1. The van der Waals surface area contributed by atoms with Crippen molar-refractivity contribution < 1.29 is 22.4 Å². The zero-order chi connectivity index (χ0) is 25.7. The van der Waals surface area contributed by atoms with Gasteiger partial charge in [0.2, 0.25) is 21.8 Å². The molecule has 2 aromatic rings. The maximum Gasteiger partial charge on any atom is 0.244 e. The van der Waals surface area contributed by atoms with E-state index < -0.39 is 39.9 Å². The van der Waals surface area contributed by atoms with Gasteiger partial charge >= 0.3 is 0 Å². The molecule has 0 aliphatic rings. The molecule has 0 aromatic heterocycles. The highest BCUT2D eigenvalue weighted by Crippen LogP contribution is 2.21. The molecule has 0 saturated carbocycles. The van der Waals surface area contributed by atoms with E-state index in [4.69, 9.17) is 0 Å². The summed E-state index contributed by atoms with van der Waals surface area (Å²) in [4.78, 5) is 28.0. The molecule has 1 atom stereocenters. The highest BCUT2D eigenvalue weighted by Gasteiger charge is 2.33. The standard InChI is InChI=1S/C25H34FN3O4S/c1-7-22(24(31)27-25(3,4)5)28(16-19-11-13-20(26)14-12-19)23(30)17-29(34(6,32)33)21-10-8-9-18(2)15-21/h8-15,22H,7,16-17H2,1-6H3,(H,27,31). The van der Waals surface area contributed by atoms with Gasteiger partial charge in [0.1, 0.15) is 18.4 Å². The van der Waals surface area contributed by atoms with Crippen LogP contribution in [0.15, 0.2) is 48.5 Å². The Kier molecular flexibility index (Phi) is 8.83. The summed E-state index contributed by atoms with van der Waals surface area (Å²) < 4.78 is 39.6. The number of carbonyl (C=O) groups excluding carboxylic acids is 2. The number of nitrogens with one attached hydrogen (secondary N) is 1. The molecule has 186 valence electrons. The van der Waals surface area contributed by atoms with E-state index in [2.05, 4.69) is 5.32 Å². The normalized spacial score (nSPS) is 12.7. The Bertz CT molecular complexity index is 1110. The van der Waals surface area contributed by atoms with Gasteiger partial charge in [0.05, 0.1) is 11.9 Å². The van der Waals surface area contributed by atoms with Crippen LogP contribution in [0.5, 0.6) is 0 Å². The number of halogens is 1. The lowest BCUT2D eigenvalue weighted by molar-refractivity contribution is -0.141. The Morgan fingerprint density at radius 2 is 1.71 bits per heavy atom. The first kappa shape index (κ1) is 27.3. The summed E-state index contributed by atoms with van der Waals surface area (Å²) in [5.41, 5.74) is 1.32. The lowest BCUT2D eigenvalue weighted by Crippen LogP contribution is -2.55. The van der Waals surface area contributed by atoms with Crippen molar-refractivity contribution in [1.29, 1.82) is 0 Å². The van der Waals surface area contributed by atoms with Crippen molar-refractivity contribution in [3.63, 3.8) is 0 Å². The summed E-state index contributed by atoms with van der Waals surface area (Å²) in [5.74, 6) is -1.29. The Morgan fingerprint density at radius 3 is 2.21 bits per heavy atom. The van der Waals surface area contributed by atoms with Crippen LogP contribution in [0.25, 0.3) is 0 Å². The van der Waals surface area contributed by atoms with Gasteiger partial charge in [0.25, 0.3) is 0 Å². The van der Waals surface area contributed by atoms with E-state index >= 15 is 0 Å². The monoisotopic (exact) mass is 491 g/mol. The third kappa shape index (κ3) is 7.83. The lowest BCUT2D eigenvalue weighted by atomic mass is 10.1. The molecule has 0 aliphatic carbocycles. The number of benzene rings is 2. The quantitative estimate of drug-likeness (QED) is 0.581. The maximum atomic E-state index is 13.6. The molecular formula is C25H34FN3O4S. The largest absolute Gasteiger partial charge is 0.350 e. The summed E-state index contributed by atoms with van der Waals surface area (Å²) in [6.07, 6.45) is 1.36. The second-order valence-electron chi connectivity index (χ2n) is 9.42.